The summed E-state index contributed by atoms with van der Waals surface area (Å²) in [5.41, 5.74) is 0.771. The van der Waals surface area contributed by atoms with E-state index in [9.17, 15) is 9.59 Å². The largest absolute Gasteiger partial charge is 0.444 e. The number of carbonyl (C=O) groups is 2. The standard InChI is InChI=1S/C13H16N2O3S/c1-13(2,3)18-12(17)14-8-4-5-10-9(6-8)15-11(16)7-19-10/h4-6H,7H2,1-3H3,(H,14,17)(H,15,16). The smallest absolute Gasteiger partial charge is 0.412 e. The number of hydrogen-bond donors (Lipinski definition) is 2. The number of ether oxygens (including phenoxy) is 1. The first-order valence-electron chi connectivity index (χ1n) is 5.90. The Morgan fingerprint density at radius 1 is 1.42 bits per heavy atom. The second-order valence-electron chi connectivity index (χ2n) is 5.17. The van der Waals surface area contributed by atoms with Gasteiger partial charge in [0.2, 0.25) is 5.91 Å². The first-order chi connectivity index (χ1) is 8.83. The van der Waals surface area contributed by atoms with E-state index in [0.717, 1.165) is 10.6 Å². The Morgan fingerprint density at radius 3 is 2.84 bits per heavy atom. The van der Waals surface area contributed by atoms with Crippen LogP contribution < -0.4 is 10.6 Å². The molecule has 1 heterocycles. The lowest BCUT2D eigenvalue weighted by molar-refractivity contribution is -0.113. The van der Waals surface area contributed by atoms with Gasteiger partial charge in [-0.25, -0.2) is 4.79 Å². The number of fused-ring (bicyclic) bond motifs is 1. The van der Waals surface area contributed by atoms with Crippen molar-refractivity contribution >= 4 is 35.1 Å². The molecule has 1 aromatic carbocycles. The normalized spacial score (nSPS) is 14.4. The van der Waals surface area contributed by atoms with Crippen LogP contribution in [0.25, 0.3) is 0 Å². The van der Waals surface area contributed by atoms with E-state index in [1.54, 1.807) is 32.9 Å². The van der Waals surface area contributed by atoms with Gasteiger partial charge in [0.25, 0.3) is 0 Å². The summed E-state index contributed by atoms with van der Waals surface area (Å²) < 4.78 is 5.16. The van der Waals surface area contributed by atoms with Crippen molar-refractivity contribution in [2.24, 2.45) is 0 Å². The van der Waals surface area contributed by atoms with Gasteiger partial charge in [-0.05, 0) is 39.0 Å². The molecule has 1 aliphatic heterocycles. The van der Waals surface area contributed by atoms with Crippen molar-refractivity contribution in [3.63, 3.8) is 0 Å². The van der Waals surface area contributed by atoms with Crippen LogP contribution >= 0.6 is 11.8 Å². The molecule has 1 aromatic rings. The quantitative estimate of drug-likeness (QED) is 0.829. The zero-order chi connectivity index (χ0) is 14.0. The van der Waals surface area contributed by atoms with Crippen molar-refractivity contribution in [3.8, 4) is 0 Å². The molecule has 102 valence electrons. The molecule has 2 amide bonds. The van der Waals surface area contributed by atoms with Crippen LogP contribution in [0.15, 0.2) is 23.1 Å². The van der Waals surface area contributed by atoms with Crippen LogP contribution in [0.4, 0.5) is 16.2 Å². The minimum Gasteiger partial charge on any atom is -0.444 e. The van der Waals surface area contributed by atoms with Crippen LogP contribution in [0.3, 0.4) is 0 Å². The van der Waals surface area contributed by atoms with Crippen molar-refractivity contribution < 1.29 is 14.3 Å². The minimum absolute atomic E-state index is 0.0353. The first-order valence-corrected chi connectivity index (χ1v) is 6.89. The summed E-state index contributed by atoms with van der Waals surface area (Å²) >= 11 is 1.48. The number of rotatable bonds is 1. The van der Waals surface area contributed by atoms with Gasteiger partial charge >= 0.3 is 6.09 Å². The molecule has 0 radical (unpaired) electrons. The Morgan fingerprint density at radius 2 is 2.16 bits per heavy atom. The molecule has 0 fully saturated rings. The number of hydrogen-bond acceptors (Lipinski definition) is 4. The van der Waals surface area contributed by atoms with E-state index in [0.29, 0.717) is 11.4 Å². The highest BCUT2D eigenvalue weighted by molar-refractivity contribution is 8.00. The fourth-order valence-corrected chi connectivity index (χ4v) is 2.37. The van der Waals surface area contributed by atoms with Gasteiger partial charge in [0.05, 0.1) is 11.4 Å². The Bertz CT molecular complexity index is 523. The number of amides is 2. The average Bonchev–Trinajstić information content (AvgIpc) is 2.25. The number of thioether (sulfide) groups is 1. The zero-order valence-corrected chi connectivity index (χ0v) is 11.9. The molecule has 0 aliphatic carbocycles. The van der Waals surface area contributed by atoms with E-state index in [4.69, 9.17) is 4.74 Å². The molecule has 0 spiro atoms. The number of benzene rings is 1. The topological polar surface area (TPSA) is 67.4 Å². The molecule has 0 aromatic heterocycles. The summed E-state index contributed by atoms with van der Waals surface area (Å²) in [5, 5.41) is 5.41. The maximum Gasteiger partial charge on any atom is 0.412 e. The summed E-state index contributed by atoms with van der Waals surface area (Å²) in [5.74, 6) is 0.387. The van der Waals surface area contributed by atoms with Crippen LogP contribution in [0.1, 0.15) is 20.8 Å². The summed E-state index contributed by atoms with van der Waals surface area (Å²) in [4.78, 5) is 23.9. The molecule has 19 heavy (non-hydrogen) atoms. The number of anilines is 2. The zero-order valence-electron chi connectivity index (χ0n) is 11.1. The van der Waals surface area contributed by atoms with E-state index in [2.05, 4.69) is 10.6 Å². The highest BCUT2D eigenvalue weighted by Gasteiger charge is 2.18. The summed E-state index contributed by atoms with van der Waals surface area (Å²) in [6.45, 7) is 5.41. The second kappa shape index (κ2) is 5.13. The van der Waals surface area contributed by atoms with E-state index < -0.39 is 11.7 Å². The van der Waals surface area contributed by atoms with Gasteiger partial charge in [-0.3, -0.25) is 10.1 Å². The van der Waals surface area contributed by atoms with Crippen LogP contribution in [0.5, 0.6) is 0 Å². The van der Waals surface area contributed by atoms with Gasteiger partial charge in [0.1, 0.15) is 5.60 Å². The first kappa shape index (κ1) is 13.7. The van der Waals surface area contributed by atoms with Crippen LogP contribution in [0, 0.1) is 0 Å². The number of carbonyl (C=O) groups excluding carboxylic acids is 2. The van der Waals surface area contributed by atoms with E-state index >= 15 is 0 Å². The van der Waals surface area contributed by atoms with E-state index in [-0.39, 0.29) is 5.91 Å². The lowest BCUT2D eigenvalue weighted by Crippen LogP contribution is -2.27. The third-order valence-electron chi connectivity index (χ3n) is 2.26. The lowest BCUT2D eigenvalue weighted by atomic mass is 10.2. The molecule has 0 bridgehead atoms. The molecule has 0 atom stereocenters. The van der Waals surface area contributed by atoms with E-state index in [1.807, 2.05) is 6.07 Å². The van der Waals surface area contributed by atoms with Gasteiger partial charge in [-0.1, -0.05) is 0 Å². The van der Waals surface area contributed by atoms with Crippen molar-refractivity contribution in [3.05, 3.63) is 18.2 Å². The Balaban J connectivity index is 2.08. The van der Waals surface area contributed by atoms with Gasteiger partial charge in [0.15, 0.2) is 0 Å². The summed E-state index contributed by atoms with van der Waals surface area (Å²) in [7, 11) is 0. The monoisotopic (exact) mass is 280 g/mol. The third kappa shape index (κ3) is 3.89. The minimum atomic E-state index is -0.539. The van der Waals surface area contributed by atoms with Crippen molar-refractivity contribution in [1.82, 2.24) is 0 Å². The van der Waals surface area contributed by atoms with Crippen LogP contribution in [-0.4, -0.2) is 23.4 Å². The maximum absolute atomic E-state index is 11.6. The maximum atomic E-state index is 11.6. The molecule has 6 heteroatoms. The van der Waals surface area contributed by atoms with Gasteiger partial charge in [0, 0.05) is 10.6 Å². The molecular formula is C13H16N2O3S. The van der Waals surface area contributed by atoms with E-state index in [1.165, 1.54) is 11.8 Å². The molecule has 0 saturated heterocycles. The van der Waals surface area contributed by atoms with Gasteiger partial charge < -0.3 is 10.1 Å². The van der Waals surface area contributed by atoms with Crippen molar-refractivity contribution in [2.75, 3.05) is 16.4 Å². The second-order valence-corrected chi connectivity index (χ2v) is 6.19. The van der Waals surface area contributed by atoms with Crippen molar-refractivity contribution in [2.45, 2.75) is 31.3 Å². The Kier molecular flexibility index (Phi) is 3.71. The summed E-state index contributed by atoms with van der Waals surface area (Å²) in [6.07, 6.45) is -0.512. The van der Waals surface area contributed by atoms with Crippen molar-refractivity contribution in [1.29, 1.82) is 0 Å². The molecule has 0 saturated carbocycles. The number of nitrogens with one attached hydrogen (secondary N) is 2. The van der Waals surface area contributed by atoms with Gasteiger partial charge in [-0.2, -0.15) is 0 Å². The predicted molar refractivity (Wildman–Crippen MR) is 75.7 cm³/mol. The van der Waals surface area contributed by atoms with Crippen LogP contribution in [0.2, 0.25) is 0 Å². The van der Waals surface area contributed by atoms with Crippen LogP contribution in [-0.2, 0) is 9.53 Å². The molecular weight excluding hydrogens is 264 g/mol. The highest BCUT2D eigenvalue weighted by Crippen LogP contribution is 2.33. The average molecular weight is 280 g/mol. The fourth-order valence-electron chi connectivity index (χ4n) is 1.58. The fraction of sp³-hybridized carbons (Fsp3) is 0.385. The third-order valence-corrected chi connectivity index (χ3v) is 3.33. The van der Waals surface area contributed by atoms with Gasteiger partial charge in [-0.15, -0.1) is 11.8 Å². The highest BCUT2D eigenvalue weighted by atomic mass is 32.2. The lowest BCUT2D eigenvalue weighted by Gasteiger charge is -2.21. The molecule has 5 nitrogen and oxygen atoms in total. The molecule has 0 unspecified atom stereocenters. The molecule has 2 rings (SSSR count). The Hall–Kier alpha value is -1.69. The molecule has 2 N–H and O–H groups in total. The SMILES string of the molecule is CC(C)(C)OC(=O)Nc1ccc2c(c1)NC(=O)CS2. The Labute approximate surface area is 116 Å². The predicted octanol–water partition coefficient (Wildman–Crippen LogP) is 3.08. The summed E-state index contributed by atoms with van der Waals surface area (Å²) in [6, 6.07) is 5.38. The molecule has 1 aliphatic rings.